The summed E-state index contributed by atoms with van der Waals surface area (Å²) in [7, 11) is 0. The number of benzene rings is 1. The molecule has 3 aromatic heterocycles. The van der Waals surface area contributed by atoms with E-state index in [1.54, 1.807) is 18.5 Å². The molecule has 0 spiro atoms. The third-order valence-corrected chi connectivity index (χ3v) is 6.72. The molecule has 1 fully saturated rings. The Kier molecular flexibility index (Phi) is 5.43. The van der Waals surface area contributed by atoms with E-state index in [1.165, 1.54) is 24.8 Å². The van der Waals surface area contributed by atoms with Crippen LogP contribution in [0, 0.1) is 6.92 Å². The van der Waals surface area contributed by atoms with Gasteiger partial charge >= 0.3 is 0 Å². The molecular formula is C26H27N5O. The number of hydrogen-bond donors (Lipinski definition) is 1. The van der Waals surface area contributed by atoms with Gasteiger partial charge in [-0.15, -0.1) is 0 Å². The second kappa shape index (κ2) is 8.54. The van der Waals surface area contributed by atoms with Crippen molar-refractivity contribution in [2.45, 2.75) is 44.4 Å². The van der Waals surface area contributed by atoms with Crippen molar-refractivity contribution in [3.8, 4) is 5.95 Å². The zero-order valence-corrected chi connectivity index (χ0v) is 18.3. The molecule has 0 bridgehead atoms. The Morgan fingerprint density at radius 3 is 2.59 bits per heavy atom. The van der Waals surface area contributed by atoms with E-state index in [0.717, 1.165) is 29.3 Å². The van der Waals surface area contributed by atoms with Crippen molar-refractivity contribution in [3.05, 3.63) is 84.1 Å². The minimum atomic E-state index is -0.0622. The summed E-state index contributed by atoms with van der Waals surface area (Å²) in [5, 5.41) is 4.21. The largest absolute Gasteiger partial charge is 0.351 e. The lowest BCUT2D eigenvalue weighted by Crippen LogP contribution is -2.42. The normalized spacial score (nSPS) is 15.5. The zero-order chi connectivity index (χ0) is 22.0. The molecule has 4 aromatic rings. The highest BCUT2D eigenvalue weighted by Gasteiger charge is 2.34. The average Bonchev–Trinajstić information content (AvgIpc) is 3.25. The molecule has 6 heteroatoms. The summed E-state index contributed by atoms with van der Waals surface area (Å²) in [5.41, 5.74) is 3.81. The second-order valence-electron chi connectivity index (χ2n) is 8.70. The molecular weight excluding hydrogens is 398 g/mol. The fourth-order valence-electron chi connectivity index (χ4n) is 5.04. The summed E-state index contributed by atoms with van der Waals surface area (Å²) >= 11 is 0. The quantitative estimate of drug-likeness (QED) is 0.501. The van der Waals surface area contributed by atoms with Crippen molar-refractivity contribution in [1.29, 1.82) is 0 Å². The van der Waals surface area contributed by atoms with Gasteiger partial charge in [-0.05, 0) is 49.1 Å². The van der Waals surface area contributed by atoms with E-state index in [-0.39, 0.29) is 11.3 Å². The minimum absolute atomic E-state index is 0.0574. The van der Waals surface area contributed by atoms with Gasteiger partial charge in [-0.1, -0.05) is 37.5 Å². The third-order valence-electron chi connectivity index (χ3n) is 6.72. The molecule has 0 aliphatic heterocycles. The van der Waals surface area contributed by atoms with Crippen molar-refractivity contribution in [2.24, 2.45) is 0 Å². The predicted octanol–water partition coefficient (Wildman–Crippen LogP) is 4.76. The molecule has 1 N–H and O–H groups in total. The van der Waals surface area contributed by atoms with Crippen LogP contribution in [0.5, 0.6) is 0 Å². The van der Waals surface area contributed by atoms with Crippen LogP contribution in [-0.2, 0) is 5.41 Å². The Morgan fingerprint density at radius 2 is 1.84 bits per heavy atom. The maximum atomic E-state index is 13.5. The van der Waals surface area contributed by atoms with Crippen LogP contribution in [0.3, 0.4) is 0 Å². The van der Waals surface area contributed by atoms with Crippen molar-refractivity contribution in [1.82, 2.24) is 24.8 Å². The van der Waals surface area contributed by atoms with Crippen LogP contribution in [0.1, 0.15) is 53.6 Å². The zero-order valence-electron chi connectivity index (χ0n) is 18.3. The van der Waals surface area contributed by atoms with E-state index in [9.17, 15) is 4.79 Å². The number of aryl methyl sites for hydroxylation is 1. The summed E-state index contributed by atoms with van der Waals surface area (Å²) < 4.78 is 1.90. The van der Waals surface area contributed by atoms with Gasteiger partial charge in [-0.2, -0.15) is 0 Å². The van der Waals surface area contributed by atoms with E-state index in [1.807, 2.05) is 54.3 Å². The summed E-state index contributed by atoms with van der Waals surface area (Å²) in [5.74, 6) is 0.495. The Morgan fingerprint density at radius 1 is 1.03 bits per heavy atom. The number of rotatable bonds is 5. The number of aromatic nitrogens is 4. The molecule has 6 nitrogen and oxygen atoms in total. The molecule has 5 rings (SSSR count). The highest BCUT2D eigenvalue weighted by molar-refractivity contribution is 6.08. The summed E-state index contributed by atoms with van der Waals surface area (Å²) in [6, 6.07) is 12.0. The van der Waals surface area contributed by atoms with Gasteiger partial charge < -0.3 is 5.32 Å². The third kappa shape index (κ3) is 3.66. The van der Waals surface area contributed by atoms with E-state index >= 15 is 0 Å². The fourth-order valence-corrected chi connectivity index (χ4v) is 5.04. The van der Waals surface area contributed by atoms with Crippen LogP contribution >= 0.6 is 0 Å². The molecule has 1 aliphatic rings. The van der Waals surface area contributed by atoms with Gasteiger partial charge in [0.25, 0.3) is 5.91 Å². The monoisotopic (exact) mass is 425 g/mol. The molecule has 0 unspecified atom stereocenters. The van der Waals surface area contributed by atoms with Gasteiger partial charge in [0.05, 0.1) is 11.1 Å². The number of carbonyl (C=O) groups is 1. The molecule has 32 heavy (non-hydrogen) atoms. The average molecular weight is 426 g/mol. The molecule has 0 saturated heterocycles. The van der Waals surface area contributed by atoms with E-state index in [4.69, 9.17) is 0 Å². The van der Waals surface area contributed by atoms with Crippen LogP contribution in [0.15, 0.2) is 67.4 Å². The first kappa shape index (κ1) is 20.4. The maximum Gasteiger partial charge on any atom is 0.253 e. The first-order chi connectivity index (χ1) is 15.7. The van der Waals surface area contributed by atoms with Crippen molar-refractivity contribution in [3.63, 3.8) is 0 Å². The summed E-state index contributed by atoms with van der Waals surface area (Å²) in [6.45, 7) is 2.64. The van der Waals surface area contributed by atoms with Gasteiger partial charge in [0.15, 0.2) is 0 Å². The van der Waals surface area contributed by atoms with Gasteiger partial charge in [-0.25, -0.2) is 9.97 Å². The topological polar surface area (TPSA) is 72.7 Å². The SMILES string of the molecule is Cc1cccc2c1c(C(=O)NCC1(c3cccnc3)CCCCC1)cn2-c1ncccn1. The van der Waals surface area contributed by atoms with Crippen LogP contribution in [0.2, 0.25) is 0 Å². The van der Waals surface area contributed by atoms with Gasteiger partial charge in [-0.3, -0.25) is 14.3 Å². The Bertz CT molecular complexity index is 1230. The van der Waals surface area contributed by atoms with Gasteiger partial charge in [0.1, 0.15) is 0 Å². The van der Waals surface area contributed by atoms with Crippen LogP contribution in [-0.4, -0.2) is 32.0 Å². The number of hydrogen-bond acceptors (Lipinski definition) is 4. The van der Waals surface area contributed by atoms with Crippen LogP contribution in [0.4, 0.5) is 0 Å². The fraction of sp³-hybridized carbons (Fsp3) is 0.308. The van der Waals surface area contributed by atoms with Crippen LogP contribution < -0.4 is 5.32 Å². The minimum Gasteiger partial charge on any atom is -0.351 e. The number of nitrogens with zero attached hydrogens (tertiary/aromatic N) is 4. The predicted molar refractivity (Wildman–Crippen MR) is 125 cm³/mol. The lowest BCUT2D eigenvalue weighted by Gasteiger charge is -2.37. The molecule has 1 aliphatic carbocycles. The first-order valence-electron chi connectivity index (χ1n) is 11.2. The van der Waals surface area contributed by atoms with Crippen molar-refractivity contribution in [2.75, 3.05) is 6.54 Å². The van der Waals surface area contributed by atoms with Gasteiger partial charge in [0, 0.05) is 48.3 Å². The van der Waals surface area contributed by atoms with Crippen molar-refractivity contribution >= 4 is 16.8 Å². The Balaban J connectivity index is 1.49. The second-order valence-corrected chi connectivity index (χ2v) is 8.70. The molecule has 0 atom stereocenters. The molecule has 1 saturated carbocycles. The van der Waals surface area contributed by atoms with Crippen molar-refractivity contribution < 1.29 is 4.79 Å². The smallest absolute Gasteiger partial charge is 0.253 e. The summed E-state index contributed by atoms with van der Waals surface area (Å²) in [6.07, 6.45) is 14.8. The molecule has 0 radical (unpaired) electrons. The highest BCUT2D eigenvalue weighted by Crippen LogP contribution is 2.39. The summed E-state index contributed by atoms with van der Waals surface area (Å²) in [4.78, 5) is 26.6. The van der Waals surface area contributed by atoms with Crippen LogP contribution in [0.25, 0.3) is 16.9 Å². The number of nitrogens with one attached hydrogen (secondary N) is 1. The maximum absolute atomic E-state index is 13.5. The molecule has 162 valence electrons. The molecule has 1 aromatic carbocycles. The highest BCUT2D eigenvalue weighted by atomic mass is 16.1. The Hall–Kier alpha value is -3.54. The first-order valence-corrected chi connectivity index (χ1v) is 11.2. The number of amides is 1. The van der Waals surface area contributed by atoms with Gasteiger partial charge in [0.2, 0.25) is 5.95 Å². The number of carbonyl (C=O) groups excluding carboxylic acids is 1. The lowest BCUT2D eigenvalue weighted by molar-refractivity contribution is 0.0938. The van der Waals surface area contributed by atoms with E-state index in [0.29, 0.717) is 18.1 Å². The molecule has 1 amide bonds. The number of fused-ring (bicyclic) bond motifs is 1. The number of pyridine rings is 1. The molecule has 3 heterocycles. The van der Waals surface area contributed by atoms with E-state index in [2.05, 4.69) is 26.3 Å². The Labute approximate surface area is 187 Å². The lowest BCUT2D eigenvalue weighted by atomic mass is 9.70. The van der Waals surface area contributed by atoms with E-state index < -0.39 is 0 Å². The standard InChI is InChI=1S/C26H27N5O/c1-19-8-5-10-22-23(19)21(17-31(22)25-28-14-7-15-29-25)24(32)30-18-26(11-3-2-4-12-26)20-9-6-13-27-16-20/h5-10,13-17H,2-4,11-12,18H2,1H3,(H,30,32).